The van der Waals surface area contributed by atoms with Gasteiger partial charge >= 0.3 is 0 Å². The van der Waals surface area contributed by atoms with E-state index in [1.54, 1.807) is 0 Å². The third kappa shape index (κ3) is 7.44. The van der Waals surface area contributed by atoms with Crippen molar-refractivity contribution in [3.05, 3.63) is 0 Å². The van der Waals surface area contributed by atoms with Crippen LogP contribution in [0.4, 0.5) is 0 Å². The Balaban J connectivity index is 1.51. The third-order valence-corrected chi connectivity index (χ3v) is 8.19. The van der Waals surface area contributed by atoms with E-state index in [1.165, 1.54) is 0 Å². The highest BCUT2D eigenvalue weighted by Crippen LogP contribution is 2.34. The molecule has 0 spiro atoms. The van der Waals surface area contributed by atoms with E-state index in [0.717, 1.165) is 0 Å². The van der Waals surface area contributed by atoms with Crippen LogP contribution in [0, 0.1) is 0 Å². The minimum absolute atomic E-state index is 0.810. The summed E-state index contributed by atoms with van der Waals surface area (Å²) in [5.74, 6) is 0. The second-order valence-electron chi connectivity index (χ2n) is 11.1. The molecule has 0 amide bonds. The molecule has 14 N–H and O–H groups in total. The van der Waals surface area contributed by atoms with Gasteiger partial charge in [0.2, 0.25) is 0 Å². The number of rotatable bonds is 10. The van der Waals surface area contributed by atoms with Crippen molar-refractivity contribution in [1.82, 2.24) is 0 Å². The number of aliphatic hydroxyl groups is 14. The largest absolute Gasteiger partial charge is 0.394 e. The molecule has 4 saturated heterocycles. The third-order valence-electron chi connectivity index (χ3n) is 8.19. The first-order valence-corrected chi connectivity index (χ1v) is 14.1. The first-order valence-electron chi connectivity index (χ1n) is 14.1. The van der Waals surface area contributed by atoms with E-state index in [4.69, 9.17) is 33.2 Å². The highest BCUT2D eigenvalue weighted by Gasteiger charge is 2.55. The quantitative estimate of drug-likeness (QED) is 0.103. The molecule has 0 aliphatic carbocycles. The molecule has 4 aliphatic heterocycles. The van der Waals surface area contributed by atoms with Crippen LogP contribution in [0.1, 0.15) is 0 Å². The maximum atomic E-state index is 11.0. The van der Waals surface area contributed by atoms with Gasteiger partial charge in [0.15, 0.2) is 25.2 Å². The first kappa shape index (κ1) is 37.0. The lowest BCUT2D eigenvalue weighted by atomic mass is 9.96. The van der Waals surface area contributed by atoms with Gasteiger partial charge in [-0.25, -0.2) is 0 Å². The molecule has 4 fully saturated rings. The van der Waals surface area contributed by atoms with Crippen LogP contribution < -0.4 is 0 Å². The summed E-state index contributed by atoms with van der Waals surface area (Å²) >= 11 is 0. The molecule has 0 unspecified atom stereocenters. The minimum Gasteiger partial charge on any atom is -0.394 e. The number of aliphatic hydroxyl groups excluding tert-OH is 14. The summed E-state index contributed by atoms with van der Waals surface area (Å²) in [6.07, 6.45) is -35.9. The summed E-state index contributed by atoms with van der Waals surface area (Å²) in [6.45, 7) is -3.40. The summed E-state index contributed by atoms with van der Waals surface area (Å²) in [5.41, 5.74) is 0. The Labute approximate surface area is 254 Å². The van der Waals surface area contributed by atoms with Gasteiger partial charge in [0, 0.05) is 0 Å². The van der Waals surface area contributed by atoms with Gasteiger partial charge < -0.3 is 105 Å². The molecule has 20 atom stereocenters. The predicted molar refractivity (Wildman–Crippen MR) is 134 cm³/mol. The SMILES string of the molecule is OC[C@H]1O[C@H](O[C@@H]2[C@@H](O)[C@@H](O[C@H]3O[C@H](CO)[C@@H](O)[C@H](O[C@H]4O[C@H](CO)[C@@H](O)[C@H](O)[C@H]4O)[C@H]3O)O[C@H](CO)[C@H]2O)[C@H](O)[C@@H](O)[C@@H]1O. The fourth-order valence-electron chi connectivity index (χ4n) is 5.45. The molecule has 21 heteroatoms. The fraction of sp³-hybridized carbons (Fsp3) is 1.00. The zero-order valence-corrected chi connectivity index (χ0v) is 23.5. The van der Waals surface area contributed by atoms with Crippen molar-refractivity contribution in [3.8, 4) is 0 Å². The number of hydrogen-bond acceptors (Lipinski definition) is 21. The van der Waals surface area contributed by atoms with Gasteiger partial charge in [-0.05, 0) is 0 Å². The fourth-order valence-corrected chi connectivity index (χ4v) is 5.45. The van der Waals surface area contributed by atoms with Crippen molar-refractivity contribution >= 4 is 0 Å². The summed E-state index contributed by atoms with van der Waals surface area (Å²) in [6, 6.07) is 0. The van der Waals surface area contributed by atoms with Crippen LogP contribution in [0.5, 0.6) is 0 Å². The molecule has 4 rings (SSSR count). The molecular formula is C24H42O21. The molecule has 0 bridgehead atoms. The molecule has 21 nitrogen and oxygen atoms in total. The van der Waals surface area contributed by atoms with Gasteiger partial charge in [-0.15, -0.1) is 0 Å². The van der Waals surface area contributed by atoms with E-state index in [-0.39, 0.29) is 0 Å². The average molecular weight is 667 g/mol. The zero-order valence-electron chi connectivity index (χ0n) is 23.5. The molecule has 0 saturated carbocycles. The minimum atomic E-state index is -2.03. The van der Waals surface area contributed by atoms with E-state index in [1.807, 2.05) is 0 Å². The van der Waals surface area contributed by atoms with E-state index >= 15 is 0 Å². The molecule has 0 aromatic heterocycles. The lowest BCUT2D eigenvalue weighted by molar-refractivity contribution is -0.402. The van der Waals surface area contributed by atoms with Crippen molar-refractivity contribution < 1.29 is 105 Å². The van der Waals surface area contributed by atoms with Crippen LogP contribution in [-0.2, 0) is 33.2 Å². The highest BCUT2D eigenvalue weighted by molar-refractivity contribution is 4.97. The molecule has 4 aliphatic rings. The van der Waals surface area contributed by atoms with E-state index in [9.17, 15) is 71.5 Å². The van der Waals surface area contributed by atoms with Crippen molar-refractivity contribution in [3.63, 3.8) is 0 Å². The van der Waals surface area contributed by atoms with Crippen LogP contribution in [0.2, 0.25) is 0 Å². The van der Waals surface area contributed by atoms with E-state index < -0.39 is 149 Å². The molecule has 264 valence electrons. The van der Waals surface area contributed by atoms with Gasteiger partial charge in [0.1, 0.15) is 97.7 Å². The second-order valence-corrected chi connectivity index (χ2v) is 11.1. The van der Waals surface area contributed by atoms with Crippen molar-refractivity contribution in [2.75, 3.05) is 26.4 Å². The lowest BCUT2D eigenvalue weighted by Gasteiger charge is -2.48. The Morgan fingerprint density at radius 3 is 0.867 bits per heavy atom. The predicted octanol–water partition coefficient (Wildman–Crippen LogP) is -9.75. The van der Waals surface area contributed by atoms with Crippen LogP contribution in [0.15, 0.2) is 0 Å². The molecule has 45 heavy (non-hydrogen) atoms. The Hall–Kier alpha value is -0.840. The smallest absolute Gasteiger partial charge is 0.189 e. The Bertz CT molecular complexity index is 844. The van der Waals surface area contributed by atoms with E-state index in [0.29, 0.717) is 0 Å². The van der Waals surface area contributed by atoms with Crippen LogP contribution >= 0.6 is 0 Å². The summed E-state index contributed by atoms with van der Waals surface area (Å²) in [5, 5.41) is 143. The maximum Gasteiger partial charge on any atom is 0.189 e. The van der Waals surface area contributed by atoms with Crippen LogP contribution in [0.25, 0.3) is 0 Å². The summed E-state index contributed by atoms with van der Waals surface area (Å²) in [4.78, 5) is 0. The molecule has 0 aromatic carbocycles. The summed E-state index contributed by atoms with van der Waals surface area (Å²) in [7, 11) is 0. The molecule has 0 aromatic rings. The zero-order chi connectivity index (χ0) is 33.3. The Morgan fingerprint density at radius 2 is 0.578 bits per heavy atom. The van der Waals surface area contributed by atoms with Crippen molar-refractivity contribution in [2.45, 2.75) is 123 Å². The standard InChI is InChI=1S/C24H42O21/c25-1-5-9(29)13(33)15(35)21(39-5)43-19-11(31)7(3-27)41-23(17(19)37)45-24-18(38)20(12(32)8(4-28)42-24)44-22-16(36)14(34)10(30)6(2-26)40-22/h5-38H,1-4H2/t5-,6-,7-,8-,9-,10-,11-,12-,13+,14+,15-,16-,17-,18-,19+,20+,21-,22-,23-,24-/m1/s1. The second kappa shape index (κ2) is 15.6. The normalized spacial score (nSPS) is 52.9. The highest BCUT2D eigenvalue weighted by atomic mass is 16.8. The van der Waals surface area contributed by atoms with Crippen molar-refractivity contribution in [1.29, 1.82) is 0 Å². The maximum absolute atomic E-state index is 11.0. The Morgan fingerprint density at radius 1 is 0.311 bits per heavy atom. The van der Waals surface area contributed by atoms with Crippen LogP contribution in [-0.4, -0.2) is 221 Å². The van der Waals surface area contributed by atoms with Crippen molar-refractivity contribution in [2.24, 2.45) is 0 Å². The molecular weight excluding hydrogens is 624 g/mol. The summed E-state index contributed by atoms with van der Waals surface area (Å²) < 4.78 is 37.8. The molecule has 4 heterocycles. The van der Waals surface area contributed by atoms with Gasteiger partial charge in [0.05, 0.1) is 26.4 Å². The van der Waals surface area contributed by atoms with Gasteiger partial charge in [-0.3, -0.25) is 0 Å². The van der Waals surface area contributed by atoms with Gasteiger partial charge in [-0.2, -0.15) is 0 Å². The monoisotopic (exact) mass is 666 g/mol. The first-order chi connectivity index (χ1) is 21.3. The number of ether oxygens (including phenoxy) is 7. The molecule has 0 radical (unpaired) electrons. The van der Waals surface area contributed by atoms with E-state index in [2.05, 4.69) is 0 Å². The topological polar surface area (TPSA) is 348 Å². The average Bonchev–Trinajstić information content (AvgIpc) is 3.03. The van der Waals surface area contributed by atoms with Gasteiger partial charge in [-0.1, -0.05) is 0 Å². The van der Waals surface area contributed by atoms with Gasteiger partial charge in [0.25, 0.3) is 0 Å². The van der Waals surface area contributed by atoms with Crippen LogP contribution in [0.3, 0.4) is 0 Å². The number of hydrogen-bond donors (Lipinski definition) is 14. The Kier molecular flexibility index (Phi) is 12.8. The lowest BCUT2D eigenvalue weighted by Crippen LogP contribution is -2.67.